The van der Waals surface area contributed by atoms with E-state index in [1.54, 1.807) is 49.6 Å². The van der Waals surface area contributed by atoms with Gasteiger partial charge in [0.2, 0.25) is 0 Å². The number of ether oxygens (including phenoxy) is 1. The molecule has 6 nitrogen and oxygen atoms in total. The summed E-state index contributed by atoms with van der Waals surface area (Å²) in [4.78, 5) is 30.1. The molecule has 0 aliphatic rings. The number of methoxy groups -OCH3 is 1. The average Bonchev–Trinajstić information content (AvgIpc) is 2.80. The van der Waals surface area contributed by atoms with Crippen LogP contribution in [0, 0.1) is 0 Å². The predicted octanol–water partition coefficient (Wildman–Crippen LogP) is 3.37. The molecular formula is C24H21N3O3. The van der Waals surface area contributed by atoms with E-state index in [-0.39, 0.29) is 11.5 Å². The third-order valence-electron chi connectivity index (χ3n) is 4.93. The summed E-state index contributed by atoms with van der Waals surface area (Å²) in [5.41, 5.74) is 2.44. The maximum Gasteiger partial charge on any atom is 0.265 e. The number of amides is 1. The van der Waals surface area contributed by atoms with Gasteiger partial charge in [-0.2, -0.15) is 0 Å². The number of nitrogens with zero attached hydrogens (tertiary/aromatic N) is 2. The molecule has 1 N–H and O–H groups in total. The van der Waals surface area contributed by atoms with Gasteiger partial charge in [0.1, 0.15) is 12.1 Å². The minimum absolute atomic E-state index is 0.209. The van der Waals surface area contributed by atoms with E-state index in [2.05, 4.69) is 10.3 Å². The number of benzene rings is 3. The summed E-state index contributed by atoms with van der Waals surface area (Å²) in [6.45, 7) is 0.477. The van der Waals surface area contributed by atoms with Gasteiger partial charge in [0.05, 0.1) is 29.3 Å². The highest BCUT2D eigenvalue weighted by Crippen LogP contribution is 2.15. The molecule has 0 radical (unpaired) electrons. The third kappa shape index (κ3) is 3.93. The molecule has 6 heteroatoms. The molecule has 30 heavy (non-hydrogen) atoms. The molecule has 1 heterocycles. The summed E-state index contributed by atoms with van der Waals surface area (Å²) in [5.74, 6) is 0.560. The van der Waals surface area contributed by atoms with Gasteiger partial charge in [0.15, 0.2) is 0 Å². The first-order valence-corrected chi connectivity index (χ1v) is 9.64. The lowest BCUT2D eigenvalue weighted by Crippen LogP contribution is -2.28. The van der Waals surface area contributed by atoms with Crippen molar-refractivity contribution < 1.29 is 9.53 Å². The maximum absolute atomic E-state index is 12.9. The monoisotopic (exact) mass is 399 g/mol. The second-order valence-electron chi connectivity index (χ2n) is 6.81. The molecule has 0 aliphatic carbocycles. The molecule has 0 spiro atoms. The average molecular weight is 399 g/mol. The molecule has 0 atom stereocenters. The second-order valence-corrected chi connectivity index (χ2v) is 6.81. The Morgan fingerprint density at radius 1 is 1.00 bits per heavy atom. The molecule has 0 saturated carbocycles. The Balaban J connectivity index is 1.55. The first-order valence-electron chi connectivity index (χ1n) is 9.64. The van der Waals surface area contributed by atoms with Crippen LogP contribution in [0.1, 0.15) is 15.9 Å². The van der Waals surface area contributed by atoms with Gasteiger partial charge in [0, 0.05) is 6.54 Å². The molecule has 1 amide bonds. The SMILES string of the molecule is COc1ccc(CCNC(=O)c2ccccc2-n2cnc3ccccc3c2=O)cc1. The molecule has 1 aromatic heterocycles. The quantitative estimate of drug-likeness (QED) is 0.540. The van der Waals surface area contributed by atoms with E-state index in [1.807, 2.05) is 30.3 Å². The molecule has 0 fully saturated rings. The highest BCUT2D eigenvalue weighted by molar-refractivity contribution is 5.97. The van der Waals surface area contributed by atoms with Crippen molar-refractivity contribution in [3.63, 3.8) is 0 Å². The van der Waals surface area contributed by atoms with Crippen LogP contribution >= 0.6 is 0 Å². The number of fused-ring (bicyclic) bond motifs is 1. The second kappa shape index (κ2) is 8.61. The van der Waals surface area contributed by atoms with Gasteiger partial charge < -0.3 is 10.1 Å². The van der Waals surface area contributed by atoms with Crippen LogP contribution in [0.2, 0.25) is 0 Å². The van der Waals surface area contributed by atoms with E-state index in [1.165, 1.54) is 10.9 Å². The smallest absolute Gasteiger partial charge is 0.265 e. The van der Waals surface area contributed by atoms with Gasteiger partial charge in [-0.3, -0.25) is 14.2 Å². The molecular weight excluding hydrogens is 378 g/mol. The molecule has 0 aliphatic heterocycles. The van der Waals surface area contributed by atoms with Crippen LogP contribution in [-0.4, -0.2) is 29.1 Å². The number of nitrogens with one attached hydrogen (secondary N) is 1. The molecule has 4 rings (SSSR count). The number of carbonyl (C=O) groups excluding carboxylic acids is 1. The summed E-state index contributed by atoms with van der Waals surface area (Å²) >= 11 is 0. The highest BCUT2D eigenvalue weighted by atomic mass is 16.5. The lowest BCUT2D eigenvalue weighted by Gasteiger charge is -2.12. The van der Waals surface area contributed by atoms with E-state index < -0.39 is 0 Å². The van der Waals surface area contributed by atoms with Crippen LogP contribution in [0.4, 0.5) is 0 Å². The fraction of sp³-hybridized carbons (Fsp3) is 0.125. The van der Waals surface area contributed by atoms with Crippen LogP contribution in [0.5, 0.6) is 5.75 Å². The topological polar surface area (TPSA) is 73.2 Å². The van der Waals surface area contributed by atoms with Crippen molar-refractivity contribution in [1.29, 1.82) is 0 Å². The van der Waals surface area contributed by atoms with Gasteiger partial charge in [-0.1, -0.05) is 36.4 Å². The van der Waals surface area contributed by atoms with Gasteiger partial charge in [-0.05, 0) is 48.4 Å². The van der Waals surface area contributed by atoms with Crippen molar-refractivity contribution in [1.82, 2.24) is 14.9 Å². The highest BCUT2D eigenvalue weighted by Gasteiger charge is 2.14. The van der Waals surface area contributed by atoms with E-state index in [9.17, 15) is 9.59 Å². The fourth-order valence-corrected chi connectivity index (χ4v) is 3.32. The third-order valence-corrected chi connectivity index (χ3v) is 4.93. The van der Waals surface area contributed by atoms with Gasteiger partial charge in [-0.25, -0.2) is 4.98 Å². The number of hydrogen-bond acceptors (Lipinski definition) is 4. The Kier molecular flexibility index (Phi) is 5.57. The summed E-state index contributed by atoms with van der Waals surface area (Å²) in [6, 6.07) is 21.9. The standard InChI is InChI=1S/C24H21N3O3/c1-30-18-12-10-17(11-13-18)14-15-25-23(28)20-7-3-5-9-22(20)27-16-26-21-8-4-2-6-19(21)24(27)29/h2-13,16H,14-15H2,1H3,(H,25,28). The number of aromatic nitrogens is 2. The van der Waals surface area contributed by atoms with Crippen molar-refractivity contribution in [3.8, 4) is 11.4 Å². The maximum atomic E-state index is 12.9. The van der Waals surface area contributed by atoms with Crippen molar-refractivity contribution in [2.45, 2.75) is 6.42 Å². The Hall–Kier alpha value is -3.93. The number of rotatable bonds is 6. The number of para-hydroxylation sites is 2. The van der Waals surface area contributed by atoms with Crippen LogP contribution in [0.3, 0.4) is 0 Å². The Labute approximate surface area is 173 Å². The molecule has 3 aromatic carbocycles. The Bertz CT molecular complexity index is 1250. The molecule has 4 aromatic rings. The van der Waals surface area contributed by atoms with Crippen molar-refractivity contribution in [2.24, 2.45) is 0 Å². The van der Waals surface area contributed by atoms with E-state index in [4.69, 9.17) is 4.74 Å². The van der Waals surface area contributed by atoms with E-state index >= 15 is 0 Å². The number of hydrogen-bond donors (Lipinski definition) is 1. The summed E-state index contributed by atoms with van der Waals surface area (Å²) in [5, 5.41) is 3.45. The van der Waals surface area contributed by atoms with Crippen molar-refractivity contribution in [2.75, 3.05) is 13.7 Å². The van der Waals surface area contributed by atoms with Gasteiger partial charge >= 0.3 is 0 Å². The molecule has 0 saturated heterocycles. The van der Waals surface area contributed by atoms with Crippen molar-refractivity contribution in [3.05, 3.63) is 101 Å². The lowest BCUT2D eigenvalue weighted by atomic mass is 10.1. The van der Waals surface area contributed by atoms with Crippen LogP contribution in [0.15, 0.2) is 83.9 Å². The van der Waals surface area contributed by atoms with Crippen LogP contribution < -0.4 is 15.6 Å². The molecule has 150 valence electrons. The normalized spacial score (nSPS) is 10.7. The largest absolute Gasteiger partial charge is 0.497 e. The molecule has 0 bridgehead atoms. The zero-order valence-electron chi connectivity index (χ0n) is 16.5. The Morgan fingerprint density at radius 3 is 2.53 bits per heavy atom. The zero-order valence-corrected chi connectivity index (χ0v) is 16.5. The predicted molar refractivity (Wildman–Crippen MR) is 116 cm³/mol. The first kappa shape index (κ1) is 19.4. The lowest BCUT2D eigenvalue weighted by molar-refractivity contribution is 0.0954. The summed E-state index contributed by atoms with van der Waals surface area (Å²) in [6.07, 6.45) is 2.16. The summed E-state index contributed by atoms with van der Waals surface area (Å²) < 4.78 is 6.58. The van der Waals surface area contributed by atoms with E-state index in [0.29, 0.717) is 35.1 Å². The van der Waals surface area contributed by atoms with E-state index in [0.717, 1.165) is 11.3 Å². The van der Waals surface area contributed by atoms with Crippen molar-refractivity contribution >= 4 is 16.8 Å². The zero-order chi connectivity index (χ0) is 20.9. The first-order chi connectivity index (χ1) is 14.7. The Morgan fingerprint density at radius 2 is 1.73 bits per heavy atom. The molecule has 0 unspecified atom stereocenters. The minimum Gasteiger partial charge on any atom is -0.497 e. The van der Waals surface area contributed by atoms with Crippen LogP contribution in [-0.2, 0) is 6.42 Å². The minimum atomic E-state index is -0.237. The van der Waals surface area contributed by atoms with Gasteiger partial charge in [-0.15, -0.1) is 0 Å². The van der Waals surface area contributed by atoms with Crippen LogP contribution in [0.25, 0.3) is 16.6 Å². The fourth-order valence-electron chi connectivity index (χ4n) is 3.32. The summed E-state index contributed by atoms with van der Waals surface area (Å²) in [7, 11) is 1.63. The van der Waals surface area contributed by atoms with Gasteiger partial charge in [0.25, 0.3) is 11.5 Å². The number of carbonyl (C=O) groups is 1.